The Kier molecular flexibility index (Phi) is 4.03. The molecule has 1 fully saturated rings. The molecule has 1 aliphatic rings. The van der Waals surface area contributed by atoms with Crippen molar-refractivity contribution >= 4 is 21.4 Å². The Morgan fingerprint density at radius 1 is 1.33 bits per heavy atom. The van der Waals surface area contributed by atoms with Gasteiger partial charge in [0, 0.05) is 0 Å². The predicted octanol–water partition coefficient (Wildman–Crippen LogP) is 2.32. The summed E-state index contributed by atoms with van der Waals surface area (Å²) in [6.45, 7) is 7.18. The van der Waals surface area contributed by atoms with Gasteiger partial charge < -0.3 is 9.73 Å². The second-order valence-electron chi connectivity index (χ2n) is 6.33. The lowest BCUT2D eigenvalue weighted by Gasteiger charge is -2.11. The van der Waals surface area contributed by atoms with Crippen LogP contribution in [0.4, 0.5) is 5.69 Å². The molecule has 3 rings (SSSR count). The van der Waals surface area contributed by atoms with Crippen LogP contribution in [-0.4, -0.2) is 35.6 Å². The first kappa shape index (κ1) is 16.8. The molecule has 2 aromatic heterocycles. The number of carbonyl (C=O) groups is 1. The Bertz CT molecular complexity index is 908. The Balaban J connectivity index is 1.87. The van der Waals surface area contributed by atoms with Gasteiger partial charge in [-0.25, -0.2) is 8.42 Å². The normalized spacial score (nSPS) is 19.6. The number of aromatic nitrogens is 2. The van der Waals surface area contributed by atoms with Crippen LogP contribution in [0.3, 0.4) is 0 Å². The van der Waals surface area contributed by atoms with E-state index in [-0.39, 0.29) is 23.5 Å². The lowest BCUT2D eigenvalue weighted by molar-refractivity contribution is 0.102. The average Bonchev–Trinajstić information content (AvgIpc) is 3.10. The Hall–Kier alpha value is -2.09. The molecule has 0 bridgehead atoms. The lowest BCUT2D eigenvalue weighted by Crippen LogP contribution is -2.15. The largest absolute Gasteiger partial charge is 0.466 e. The zero-order chi connectivity index (χ0) is 17.6. The summed E-state index contributed by atoms with van der Waals surface area (Å²) >= 11 is 0. The number of anilines is 1. The monoisotopic (exact) mass is 351 g/mol. The third-order valence-electron chi connectivity index (χ3n) is 4.40. The van der Waals surface area contributed by atoms with Gasteiger partial charge in [-0.1, -0.05) is 0 Å². The highest BCUT2D eigenvalue weighted by atomic mass is 32.2. The van der Waals surface area contributed by atoms with Crippen molar-refractivity contribution < 1.29 is 17.6 Å². The fourth-order valence-electron chi connectivity index (χ4n) is 3.20. The first-order valence-electron chi connectivity index (χ1n) is 7.82. The molecule has 1 atom stereocenters. The second kappa shape index (κ2) is 5.77. The number of nitrogens with zero attached hydrogens (tertiary/aromatic N) is 2. The average molecular weight is 351 g/mol. The van der Waals surface area contributed by atoms with E-state index in [1.54, 1.807) is 31.5 Å². The van der Waals surface area contributed by atoms with E-state index in [4.69, 9.17) is 4.42 Å². The standard InChI is InChI=1S/C16H21N3O4S/c1-9-7-14(12(4)23-9)16(20)17-15-10(2)18-19(11(15)3)13-5-6-24(21,22)8-13/h7,13H,5-6,8H2,1-4H3,(H,17,20). The molecule has 0 aliphatic carbocycles. The summed E-state index contributed by atoms with van der Waals surface area (Å²) in [5, 5.41) is 7.33. The summed E-state index contributed by atoms with van der Waals surface area (Å²) in [5.74, 6) is 1.27. The number of hydrogen-bond acceptors (Lipinski definition) is 5. The van der Waals surface area contributed by atoms with Crippen molar-refractivity contribution in [2.75, 3.05) is 16.8 Å². The highest BCUT2D eigenvalue weighted by Crippen LogP contribution is 2.29. The van der Waals surface area contributed by atoms with Gasteiger partial charge in [-0.15, -0.1) is 0 Å². The van der Waals surface area contributed by atoms with Gasteiger partial charge in [0.25, 0.3) is 5.91 Å². The number of rotatable bonds is 3. The summed E-state index contributed by atoms with van der Waals surface area (Å²) < 4.78 is 30.5. The van der Waals surface area contributed by atoms with Gasteiger partial charge in [0.15, 0.2) is 9.84 Å². The van der Waals surface area contributed by atoms with Gasteiger partial charge in [0.1, 0.15) is 11.5 Å². The fraction of sp³-hybridized carbons (Fsp3) is 0.500. The Morgan fingerprint density at radius 2 is 2.04 bits per heavy atom. The van der Waals surface area contributed by atoms with E-state index in [0.29, 0.717) is 34.9 Å². The molecule has 0 saturated carbocycles. The quantitative estimate of drug-likeness (QED) is 0.916. The molecule has 1 saturated heterocycles. The summed E-state index contributed by atoms with van der Waals surface area (Å²) in [5.41, 5.74) is 2.55. The zero-order valence-electron chi connectivity index (χ0n) is 14.2. The first-order chi connectivity index (χ1) is 11.2. The summed E-state index contributed by atoms with van der Waals surface area (Å²) in [6.07, 6.45) is 0.553. The molecule has 2 aromatic rings. The molecular weight excluding hydrogens is 330 g/mol. The van der Waals surface area contributed by atoms with Gasteiger partial charge in [-0.05, 0) is 40.2 Å². The second-order valence-corrected chi connectivity index (χ2v) is 8.56. The van der Waals surface area contributed by atoms with Gasteiger partial charge in [-0.3, -0.25) is 9.48 Å². The van der Waals surface area contributed by atoms with Crippen LogP contribution in [0.1, 0.15) is 45.7 Å². The number of hydrogen-bond donors (Lipinski definition) is 1. The molecule has 130 valence electrons. The van der Waals surface area contributed by atoms with E-state index in [9.17, 15) is 13.2 Å². The van der Waals surface area contributed by atoms with E-state index in [0.717, 1.165) is 5.69 Å². The molecule has 0 aromatic carbocycles. The van der Waals surface area contributed by atoms with Crippen LogP contribution >= 0.6 is 0 Å². The van der Waals surface area contributed by atoms with Gasteiger partial charge in [-0.2, -0.15) is 5.10 Å². The summed E-state index contributed by atoms with van der Waals surface area (Å²) in [7, 11) is -2.99. The number of carbonyl (C=O) groups excluding carboxylic acids is 1. The van der Waals surface area contributed by atoms with E-state index >= 15 is 0 Å². The molecule has 0 spiro atoms. The number of amides is 1. The fourth-order valence-corrected chi connectivity index (χ4v) is 4.90. The SMILES string of the molecule is Cc1cc(C(=O)Nc2c(C)nn(C3CCS(=O)(=O)C3)c2C)c(C)o1. The molecule has 3 heterocycles. The van der Waals surface area contributed by atoms with Crippen LogP contribution in [0.15, 0.2) is 10.5 Å². The predicted molar refractivity (Wildman–Crippen MR) is 90.1 cm³/mol. The molecule has 24 heavy (non-hydrogen) atoms. The van der Waals surface area contributed by atoms with Crippen LogP contribution in [0.25, 0.3) is 0 Å². The lowest BCUT2D eigenvalue weighted by atomic mass is 10.2. The Morgan fingerprint density at radius 3 is 2.58 bits per heavy atom. The minimum atomic E-state index is -2.99. The van der Waals surface area contributed by atoms with Crippen molar-refractivity contribution in [3.8, 4) is 0 Å². The van der Waals surface area contributed by atoms with E-state index in [1.807, 2.05) is 6.92 Å². The maximum Gasteiger partial charge on any atom is 0.259 e. The zero-order valence-corrected chi connectivity index (χ0v) is 15.0. The van der Waals surface area contributed by atoms with Gasteiger partial charge in [0.2, 0.25) is 0 Å². The third-order valence-corrected chi connectivity index (χ3v) is 6.15. The smallest absolute Gasteiger partial charge is 0.259 e. The number of nitrogens with one attached hydrogen (secondary N) is 1. The maximum atomic E-state index is 12.5. The van der Waals surface area contributed by atoms with Crippen LogP contribution < -0.4 is 5.32 Å². The molecule has 7 nitrogen and oxygen atoms in total. The minimum absolute atomic E-state index is 0.0996. The van der Waals surface area contributed by atoms with Crippen molar-refractivity contribution in [1.82, 2.24) is 9.78 Å². The number of furan rings is 1. The van der Waals surface area contributed by atoms with E-state index in [2.05, 4.69) is 10.4 Å². The summed E-state index contributed by atoms with van der Waals surface area (Å²) in [4.78, 5) is 12.5. The molecule has 1 aliphatic heterocycles. The molecule has 1 unspecified atom stereocenters. The molecule has 8 heteroatoms. The van der Waals surface area contributed by atoms with E-state index < -0.39 is 9.84 Å². The van der Waals surface area contributed by atoms with Crippen molar-refractivity contribution in [3.63, 3.8) is 0 Å². The van der Waals surface area contributed by atoms with Crippen LogP contribution in [0.5, 0.6) is 0 Å². The van der Waals surface area contributed by atoms with Gasteiger partial charge in [0.05, 0.1) is 40.2 Å². The number of sulfone groups is 1. The number of aryl methyl sites for hydroxylation is 3. The molecular formula is C16H21N3O4S. The third kappa shape index (κ3) is 2.98. The van der Waals surface area contributed by atoms with Crippen molar-refractivity contribution in [1.29, 1.82) is 0 Å². The minimum Gasteiger partial charge on any atom is -0.466 e. The van der Waals surface area contributed by atoms with Crippen molar-refractivity contribution in [2.45, 2.75) is 40.2 Å². The molecule has 1 amide bonds. The van der Waals surface area contributed by atoms with Crippen molar-refractivity contribution in [3.05, 3.63) is 34.5 Å². The highest BCUT2D eigenvalue weighted by molar-refractivity contribution is 7.91. The highest BCUT2D eigenvalue weighted by Gasteiger charge is 2.31. The van der Waals surface area contributed by atoms with Gasteiger partial charge >= 0.3 is 0 Å². The first-order valence-corrected chi connectivity index (χ1v) is 9.64. The summed E-state index contributed by atoms with van der Waals surface area (Å²) in [6, 6.07) is 1.53. The van der Waals surface area contributed by atoms with Crippen LogP contribution in [0, 0.1) is 27.7 Å². The topological polar surface area (TPSA) is 94.2 Å². The molecule has 0 radical (unpaired) electrons. The van der Waals surface area contributed by atoms with Crippen molar-refractivity contribution in [2.24, 2.45) is 0 Å². The van der Waals surface area contributed by atoms with Crippen LogP contribution in [-0.2, 0) is 9.84 Å². The maximum absolute atomic E-state index is 12.5. The van der Waals surface area contributed by atoms with E-state index in [1.165, 1.54) is 0 Å². The van der Waals surface area contributed by atoms with Crippen LogP contribution in [0.2, 0.25) is 0 Å². The Labute approximate surface area is 141 Å². The molecule has 1 N–H and O–H groups in total.